The molecule has 1 N–H and O–H groups in total. The normalized spacial score (nSPS) is 13.5. The van der Waals surface area contributed by atoms with E-state index < -0.39 is 12.6 Å². The predicted molar refractivity (Wildman–Crippen MR) is 97.3 cm³/mol. The van der Waals surface area contributed by atoms with Gasteiger partial charge in [0.25, 0.3) is 0 Å². The summed E-state index contributed by atoms with van der Waals surface area (Å²) in [7, 11) is 1.43. The third-order valence-corrected chi connectivity index (χ3v) is 4.33. The van der Waals surface area contributed by atoms with Gasteiger partial charge in [0.2, 0.25) is 5.91 Å². The maximum atomic E-state index is 12.2. The molecule has 1 amide bonds. The van der Waals surface area contributed by atoms with Gasteiger partial charge in [-0.2, -0.15) is 0 Å². The number of carbonyl (C=O) groups excluding carboxylic acids is 3. The summed E-state index contributed by atoms with van der Waals surface area (Å²) in [5.41, 5.74) is 1.03. The summed E-state index contributed by atoms with van der Waals surface area (Å²) >= 11 is 0. The van der Waals surface area contributed by atoms with Gasteiger partial charge in [-0.3, -0.25) is 9.59 Å². The molecule has 7 heteroatoms. The van der Waals surface area contributed by atoms with Crippen molar-refractivity contribution in [3.05, 3.63) is 53.6 Å². The van der Waals surface area contributed by atoms with Crippen LogP contribution in [-0.2, 0) is 9.53 Å². The molecule has 0 bridgehead atoms. The number of phenolic OH excluding ortho intramolecular Hbond substituents is 1. The van der Waals surface area contributed by atoms with E-state index in [1.54, 1.807) is 29.2 Å². The number of nitrogens with zero attached hydrogens (tertiary/aromatic N) is 1. The Balaban J connectivity index is 1.62. The molecule has 0 atom stereocenters. The van der Waals surface area contributed by atoms with Crippen molar-refractivity contribution in [2.45, 2.75) is 12.8 Å². The lowest BCUT2D eigenvalue weighted by Gasteiger charge is -2.15. The quantitative estimate of drug-likeness (QED) is 0.621. The smallest absolute Gasteiger partial charge is 0.342 e. The Kier molecular flexibility index (Phi) is 5.40. The molecule has 1 saturated heterocycles. The van der Waals surface area contributed by atoms with Crippen molar-refractivity contribution in [2.24, 2.45) is 0 Å². The zero-order valence-corrected chi connectivity index (χ0v) is 14.8. The van der Waals surface area contributed by atoms with Crippen molar-refractivity contribution < 1.29 is 29.0 Å². The van der Waals surface area contributed by atoms with Crippen LogP contribution in [0.5, 0.6) is 11.5 Å². The van der Waals surface area contributed by atoms with E-state index >= 15 is 0 Å². The number of phenols is 1. The number of hydrogen-bond donors (Lipinski definition) is 1. The number of carbonyl (C=O) groups is 3. The van der Waals surface area contributed by atoms with E-state index in [-0.39, 0.29) is 23.0 Å². The van der Waals surface area contributed by atoms with Gasteiger partial charge in [0.1, 0.15) is 17.1 Å². The van der Waals surface area contributed by atoms with Gasteiger partial charge in [0.15, 0.2) is 12.4 Å². The number of anilines is 1. The Bertz CT molecular complexity index is 875. The molecule has 0 aromatic heterocycles. The third kappa shape index (κ3) is 4.08. The molecule has 0 spiro atoms. The van der Waals surface area contributed by atoms with Crippen LogP contribution in [0.15, 0.2) is 42.5 Å². The number of hydrogen-bond acceptors (Lipinski definition) is 6. The van der Waals surface area contributed by atoms with E-state index in [1.165, 1.54) is 25.3 Å². The summed E-state index contributed by atoms with van der Waals surface area (Å²) in [5, 5.41) is 9.77. The zero-order valence-electron chi connectivity index (χ0n) is 14.8. The van der Waals surface area contributed by atoms with Crippen molar-refractivity contribution in [2.75, 3.05) is 25.2 Å². The molecule has 7 nitrogen and oxygen atoms in total. The van der Waals surface area contributed by atoms with E-state index in [4.69, 9.17) is 9.47 Å². The first kappa shape index (κ1) is 18.4. The van der Waals surface area contributed by atoms with E-state index in [2.05, 4.69) is 0 Å². The number of ether oxygens (including phenoxy) is 2. The van der Waals surface area contributed by atoms with E-state index in [0.717, 1.165) is 12.1 Å². The number of ketones is 1. The molecular formula is C20H19NO6. The second kappa shape index (κ2) is 7.90. The van der Waals surface area contributed by atoms with E-state index in [9.17, 15) is 19.5 Å². The number of rotatable bonds is 6. The fourth-order valence-electron chi connectivity index (χ4n) is 2.85. The van der Waals surface area contributed by atoms with Gasteiger partial charge < -0.3 is 19.5 Å². The number of aromatic hydroxyl groups is 1. The Labute approximate surface area is 156 Å². The fraction of sp³-hybridized carbons (Fsp3) is 0.250. The molecule has 1 heterocycles. The average Bonchev–Trinajstić information content (AvgIpc) is 3.12. The molecule has 2 aromatic carbocycles. The number of esters is 1. The lowest BCUT2D eigenvalue weighted by molar-refractivity contribution is -0.117. The van der Waals surface area contributed by atoms with Gasteiger partial charge in [-0.05, 0) is 48.9 Å². The van der Waals surface area contributed by atoms with Crippen molar-refractivity contribution in [1.82, 2.24) is 0 Å². The van der Waals surface area contributed by atoms with Crippen LogP contribution < -0.4 is 9.64 Å². The highest BCUT2D eigenvalue weighted by Gasteiger charge is 2.22. The zero-order chi connectivity index (χ0) is 19.4. The lowest BCUT2D eigenvalue weighted by Crippen LogP contribution is -2.23. The molecule has 27 heavy (non-hydrogen) atoms. The largest absolute Gasteiger partial charge is 0.507 e. The number of benzene rings is 2. The Morgan fingerprint density at radius 2 is 1.89 bits per heavy atom. The third-order valence-electron chi connectivity index (χ3n) is 4.33. The van der Waals surface area contributed by atoms with Gasteiger partial charge in [-0.1, -0.05) is 0 Å². The summed E-state index contributed by atoms with van der Waals surface area (Å²) in [6.07, 6.45) is 1.36. The van der Waals surface area contributed by atoms with Crippen LogP contribution in [0, 0.1) is 0 Å². The van der Waals surface area contributed by atoms with Crippen molar-refractivity contribution >= 4 is 23.3 Å². The molecule has 1 fully saturated rings. The molecule has 0 unspecified atom stereocenters. The summed E-state index contributed by atoms with van der Waals surface area (Å²) in [5.74, 6) is -1.00. The highest BCUT2D eigenvalue weighted by atomic mass is 16.5. The molecule has 140 valence electrons. The summed E-state index contributed by atoms with van der Waals surface area (Å²) in [4.78, 5) is 37.8. The summed E-state index contributed by atoms with van der Waals surface area (Å²) in [6, 6.07) is 10.8. The summed E-state index contributed by atoms with van der Waals surface area (Å²) < 4.78 is 10.0. The molecular weight excluding hydrogens is 350 g/mol. The minimum absolute atomic E-state index is 0.0705. The van der Waals surface area contributed by atoms with Gasteiger partial charge in [-0.15, -0.1) is 0 Å². The molecule has 2 aromatic rings. The van der Waals surface area contributed by atoms with Crippen LogP contribution in [0.4, 0.5) is 5.69 Å². The van der Waals surface area contributed by atoms with Gasteiger partial charge in [-0.25, -0.2) is 4.79 Å². The minimum atomic E-state index is -0.820. The Hall–Kier alpha value is -3.35. The maximum absolute atomic E-state index is 12.2. The van der Waals surface area contributed by atoms with E-state index in [1.807, 2.05) is 0 Å². The van der Waals surface area contributed by atoms with Crippen LogP contribution in [0.3, 0.4) is 0 Å². The molecule has 0 saturated carbocycles. The molecule has 1 aliphatic heterocycles. The Morgan fingerprint density at radius 1 is 1.15 bits per heavy atom. The number of methoxy groups -OCH3 is 1. The van der Waals surface area contributed by atoms with Crippen LogP contribution >= 0.6 is 0 Å². The van der Waals surface area contributed by atoms with Crippen LogP contribution in [0.2, 0.25) is 0 Å². The topological polar surface area (TPSA) is 93.1 Å². The lowest BCUT2D eigenvalue weighted by atomic mass is 10.1. The second-order valence-corrected chi connectivity index (χ2v) is 6.08. The average molecular weight is 369 g/mol. The highest BCUT2D eigenvalue weighted by molar-refractivity contribution is 6.01. The van der Waals surface area contributed by atoms with Crippen LogP contribution in [0.25, 0.3) is 0 Å². The van der Waals surface area contributed by atoms with Crippen molar-refractivity contribution in [3.63, 3.8) is 0 Å². The van der Waals surface area contributed by atoms with Crippen LogP contribution in [0.1, 0.15) is 33.6 Å². The fourth-order valence-corrected chi connectivity index (χ4v) is 2.85. The molecule has 3 rings (SSSR count). The monoisotopic (exact) mass is 369 g/mol. The minimum Gasteiger partial charge on any atom is -0.507 e. The SMILES string of the molecule is COc1ccc(O)c(C(=O)OCC(=O)c2ccc(N3CCCC3=O)cc2)c1. The first-order chi connectivity index (χ1) is 13.0. The molecule has 0 aliphatic carbocycles. The summed E-state index contributed by atoms with van der Waals surface area (Å²) in [6.45, 7) is 0.214. The standard InChI is InChI=1S/C20H19NO6/c1-26-15-8-9-17(22)16(11-15)20(25)27-12-18(23)13-4-6-14(7-5-13)21-10-2-3-19(21)24/h4-9,11,22H,2-3,10,12H2,1H3. The first-order valence-electron chi connectivity index (χ1n) is 8.47. The van der Waals surface area contributed by atoms with Gasteiger partial charge in [0, 0.05) is 24.2 Å². The predicted octanol–water partition coefficient (Wildman–Crippen LogP) is 2.57. The van der Waals surface area contributed by atoms with Crippen molar-refractivity contribution in [1.29, 1.82) is 0 Å². The molecule has 1 aliphatic rings. The maximum Gasteiger partial charge on any atom is 0.342 e. The van der Waals surface area contributed by atoms with Crippen LogP contribution in [-0.4, -0.2) is 43.0 Å². The number of Topliss-reactive ketones (excluding diaryl/α,β-unsaturated/α-hetero) is 1. The second-order valence-electron chi connectivity index (χ2n) is 6.08. The Morgan fingerprint density at radius 3 is 2.52 bits per heavy atom. The molecule has 0 radical (unpaired) electrons. The highest BCUT2D eigenvalue weighted by Crippen LogP contribution is 2.24. The van der Waals surface area contributed by atoms with Crippen molar-refractivity contribution in [3.8, 4) is 11.5 Å². The van der Waals surface area contributed by atoms with E-state index in [0.29, 0.717) is 24.3 Å². The van der Waals surface area contributed by atoms with Gasteiger partial charge >= 0.3 is 5.97 Å². The van der Waals surface area contributed by atoms with Gasteiger partial charge in [0.05, 0.1) is 7.11 Å². The first-order valence-corrected chi connectivity index (χ1v) is 8.47. The number of amides is 1.